The first-order valence-corrected chi connectivity index (χ1v) is 19.8. The maximum atomic E-state index is 6.56. The lowest BCUT2D eigenvalue weighted by molar-refractivity contribution is 0.669. The molecule has 57 heavy (non-hydrogen) atoms. The Morgan fingerprint density at radius 3 is 1.74 bits per heavy atom. The van der Waals surface area contributed by atoms with Crippen LogP contribution in [-0.4, -0.2) is 9.13 Å². The molecule has 0 spiro atoms. The van der Waals surface area contributed by atoms with Crippen molar-refractivity contribution in [2.45, 2.75) is 12.3 Å². The van der Waals surface area contributed by atoms with E-state index in [4.69, 9.17) is 4.42 Å². The molecule has 1 unspecified atom stereocenters. The van der Waals surface area contributed by atoms with E-state index in [1.807, 2.05) is 0 Å². The molecule has 0 radical (unpaired) electrons. The van der Waals surface area contributed by atoms with Crippen molar-refractivity contribution in [1.82, 2.24) is 9.13 Å². The zero-order chi connectivity index (χ0) is 37.5. The van der Waals surface area contributed by atoms with Crippen LogP contribution in [0.15, 0.2) is 205 Å². The van der Waals surface area contributed by atoms with Gasteiger partial charge in [0.15, 0.2) is 0 Å². The van der Waals surface area contributed by atoms with E-state index >= 15 is 0 Å². The maximum Gasteiger partial charge on any atom is 0.135 e. The topological polar surface area (TPSA) is 23.0 Å². The summed E-state index contributed by atoms with van der Waals surface area (Å²) in [7, 11) is 0. The zero-order valence-corrected chi connectivity index (χ0v) is 31.1. The molecule has 11 aromatic rings. The molecule has 1 atom stereocenters. The van der Waals surface area contributed by atoms with Gasteiger partial charge < -0.3 is 13.6 Å². The molecule has 1 aliphatic rings. The minimum Gasteiger partial charge on any atom is -0.456 e. The summed E-state index contributed by atoms with van der Waals surface area (Å²) in [5, 5.41) is 7.20. The van der Waals surface area contributed by atoms with E-state index in [0.717, 1.165) is 39.7 Å². The highest BCUT2D eigenvalue weighted by atomic mass is 16.3. The highest BCUT2D eigenvalue weighted by Gasteiger charge is 2.22. The van der Waals surface area contributed by atoms with Crippen molar-refractivity contribution in [3.05, 3.63) is 206 Å². The Labute approximate surface area is 329 Å². The molecule has 0 fully saturated rings. The number of benzene rings is 8. The van der Waals surface area contributed by atoms with Crippen LogP contribution in [0.25, 0.3) is 99.2 Å². The summed E-state index contributed by atoms with van der Waals surface area (Å²) in [6.07, 6.45) is 9.96. The molecule has 8 aromatic carbocycles. The molecule has 0 N–H and O–H groups in total. The fraction of sp³-hybridized carbons (Fsp3) is 0.0370. The van der Waals surface area contributed by atoms with Crippen LogP contribution in [0.4, 0.5) is 0 Å². The fourth-order valence-electron chi connectivity index (χ4n) is 9.36. The van der Waals surface area contributed by atoms with Crippen LogP contribution < -0.4 is 0 Å². The Bertz CT molecular complexity index is 3430. The van der Waals surface area contributed by atoms with Crippen molar-refractivity contribution < 1.29 is 4.42 Å². The van der Waals surface area contributed by atoms with Crippen LogP contribution in [0, 0.1) is 0 Å². The van der Waals surface area contributed by atoms with Gasteiger partial charge >= 0.3 is 0 Å². The van der Waals surface area contributed by atoms with Gasteiger partial charge in [-0.25, -0.2) is 0 Å². The van der Waals surface area contributed by atoms with Crippen LogP contribution in [0.1, 0.15) is 17.9 Å². The number of para-hydroxylation sites is 2. The van der Waals surface area contributed by atoms with Gasteiger partial charge in [0.1, 0.15) is 11.2 Å². The normalized spacial score (nSPS) is 14.3. The highest BCUT2D eigenvalue weighted by molar-refractivity contribution is 6.15. The minimum absolute atomic E-state index is 0.340. The van der Waals surface area contributed by atoms with E-state index in [1.165, 1.54) is 71.4 Å². The predicted octanol–water partition coefficient (Wildman–Crippen LogP) is 14.7. The zero-order valence-electron chi connectivity index (χ0n) is 31.1. The largest absolute Gasteiger partial charge is 0.456 e. The smallest absolute Gasteiger partial charge is 0.135 e. The number of hydrogen-bond acceptors (Lipinski definition) is 1. The molecule has 3 aromatic heterocycles. The molecule has 0 aliphatic heterocycles. The van der Waals surface area contributed by atoms with Gasteiger partial charge in [-0.2, -0.15) is 0 Å². The van der Waals surface area contributed by atoms with E-state index in [1.54, 1.807) is 0 Å². The monoisotopic (exact) mass is 728 g/mol. The number of allylic oxidation sites excluding steroid dienone is 4. The Kier molecular flexibility index (Phi) is 7.05. The summed E-state index contributed by atoms with van der Waals surface area (Å²) in [6.45, 7) is 0. The Morgan fingerprint density at radius 2 is 1.04 bits per heavy atom. The molecule has 3 heterocycles. The number of hydrogen-bond donors (Lipinski definition) is 0. The van der Waals surface area contributed by atoms with Crippen molar-refractivity contribution in [3.63, 3.8) is 0 Å². The standard InChI is InChI=1S/C54H36N2O/c1-4-14-35(15-5-1)38-24-27-51-45(30-38)42-20-10-12-22-49(42)55(51)40-25-28-52-46(33-40)47-34-41(26-29-53(47)57-52)56-50-23-13-11-21-43(50)48-32-39(36-16-6-2-7-17-36)31-44(54(48)56)37-18-8-3-9-19-37/h1-16,18-34,36H,17H2. The van der Waals surface area contributed by atoms with Gasteiger partial charge in [-0.1, -0.05) is 127 Å². The van der Waals surface area contributed by atoms with Gasteiger partial charge in [-0.05, 0) is 101 Å². The Hall–Kier alpha value is -7.36. The average molecular weight is 729 g/mol. The first-order chi connectivity index (χ1) is 28.3. The van der Waals surface area contributed by atoms with E-state index in [-0.39, 0.29) is 0 Å². The van der Waals surface area contributed by atoms with Gasteiger partial charge in [0.2, 0.25) is 0 Å². The van der Waals surface area contributed by atoms with Gasteiger partial charge in [-0.15, -0.1) is 0 Å². The van der Waals surface area contributed by atoms with Crippen molar-refractivity contribution in [2.24, 2.45) is 0 Å². The summed E-state index contributed by atoms with van der Waals surface area (Å²) in [5.74, 6) is 0.340. The quantitative estimate of drug-likeness (QED) is 0.173. The van der Waals surface area contributed by atoms with Crippen molar-refractivity contribution in [3.8, 4) is 33.6 Å². The summed E-state index contributed by atoms with van der Waals surface area (Å²) in [4.78, 5) is 0. The van der Waals surface area contributed by atoms with E-state index in [9.17, 15) is 0 Å². The maximum absolute atomic E-state index is 6.56. The molecule has 0 bridgehead atoms. The lowest BCUT2D eigenvalue weighted by Crippen LogP contribution is -1.99. The van der Waals surface area contributed by atoms with Gasteiger partial charge in [-0.3, -0.25) is 0 Å². The van der Waals surface area contributed by atoms with Crippen molar-refractivity contribution >= 4 is 65.6 Å². The number of furan rings is 1. The van der Waals surface area contributed by atoms with Crippen LogP contribution in [-0.2, 0) is 0 Å². The van der Waals surface area contributed by atoms with Crippen LogP contribution in [0.5, 0.6) is 0 Å². The average Bonchev–Trinajstić information content (AvgIpc) is 3.94. The Morgan fingerprint density at radius 1 is 0.421 bits per heavy atom. The van der Waals surface area contributed by atoms with Crippen LogP contribution in [0.3, 0.4) is 0 Å². The third-order valence-corrected chi connectivity index (χ3v) is 12.0. The molecule has 3 nitrogen and oxygen atoms in total. The van der Waals surface area contributed by atoms with Crippen LogP contribution in [0.2, 0.25) is 0 Å². The van der Waals surface area contributed by atoms with Crippen LogP contribution >= 0.6 is 0 Å². The number of fused-ring (bicyclic) bond motifs is 9. The number of nitrogens with zero attached hydrogens (tertiary/aromatic N) is 2. The fourth-order valence-corrected chi connectivity index (χ4v) is 9.36. The van der Waals surface area contributed by atoms with Crippen molar-refractivity contribution in [2.75, 3.05) is 0 Å². The summed E-state index contributed by atoms with van der Waals surface area (Å²) < 4.78 is 11.4. The predicted molar refractivity (Wildman–Crippen MR) is 239 cm³/mol. The molecule has 1 aliphatic carbocycles. The highest BCUT2D eigenvalue weighted by Crippen LogP contribution is 2.43. The second kappa shape index (κ2) is 12.6. The van der Waals surface area contributed by atoms with Gasteiger partial charge in [0, 0.05) is 55.2 Å². The number of aromatic nitrogens is 2. The molecule has 12 rings (SSSR count). The van der Waals surface area contributed by atoms with E-state index in [0.29, 0.717) is 5.92 Å². The van der Waals surface area contributed by atoms with E-state index in [2.05, 4.69) is 209 Å². The second-order valence-electron chi connectivity index (χ2n) is 15.3. The van der Waals surface area contributed by atoms with Gasteiger partial charge in [0.25, 0.3) is 0 Å². The molecule has 0 saturated carbocycles. The van der Waals surface area contributed by atoms with E-state index < -0.39 is 0 Å². The first-order valence-electron chi connectivity index (χ1n) is 19.8. The summed E-state index contributed by atoms with van der Waals surface area (Å²) in [5.41, 5.74) is 15.0. The van der Waals surface area contributed by atoms with Gasteiger partial charge in [0.05, 0.1) is 22.1 Å². The Balaban J connectivity index is 1.08. The molecule has 268 valence electrons. The van der Waals surface area contributed by atoms with Crippen molar-refractivity contribution in [1.29, 1.82) is 0 Å². The lowest BCUT2D eigenvalue weighted by Gasteiger charge is -2.18. The molecular formula is C54H36N2O. The third-order valence-electron chi connectivity index (χ3n) is 12.0. The molecular weight excluding hydrogens is 693 g/mol. The number of rotatable bonds is 5. The SMILES string of the molecule is C1=CCC(c2cc(-c3ccccc3)c3c(c2)c2ccccc2n3-c2ccc3oc4ccc(-n5c6ccccc6c6cc(-c7ccccc7)ccc65)cc4c3c2)C=C1. The molecule has 3 heteroatoms. The second-order valence-corrected chi connectivity index (χ2v) is 15.3. The first kappa shape index (κ1) is 31.9. The molecule has 0 amide bonds. The lowest BCUT2D eigenvalue weighted by atomic mass is 9.88. The summed E-state index contributed by atoms with van der Waals surface area (Å²) >= 11 is 0. The third kappa shape index (κ3) is 4.99. The minimum atomic E-state index is 0.340. The molecule has 0 saturated heterocycles. The summed E-state index contributed by atoms with van der Waals surface area (Å²) in [6, 6.07) is 64.1.